The number of hydrogen-bond donors (Lipinski definition) is 0. The number of hydrogen-bond acceptors (Lipinski definition) is 5. The zero-order valence-corrected chi connectivity index (χ0v) is 29.4. The van der Waals surface area contributed by atoms with Crippen LogP contribution in [0.3, 0.4) is 0 Å². The summed E-state index contributed by atoms with van der Waals surface area (Å²) in [7, 11) is 3.97. The smallest absolute Gasteiger partial charge is 0.168 e. The Hall–Kier alpha value is -3.22. The van der Waals surface area contributed by atoms with Crippen LogP contribution in [-0.4, -0.2) is 44.4 Å². The Morgan fingerprint density at radius 2 is 1.40 bits per heavy atom. The average Bonchev–Trinajstić information content (AvgIpc) is 3.54. The first-order chi connectivity index (χ1) is 19.0. The number of carbonyl (C=O) groups is 1. The first-order valence-electron chi connectivity index (χ1n) is 14.8. The lowest BCUT2D eigenvalue weighted by molar-refractivity contribution is 0.0858. The second-order valence-corrected chi connectivity index (χ2v) is 15.7. The molecule has 0 fully saturated rings. The summed E-state index contributed by atoms with van der Waals surface area (Å²) in [4.78, 5) is 17.8. The van der Waals surface area contributed by atoms with Crippen LogP contribution in [0.15, 0.2) is 61.5 Å². The van der Waals surface area contributed by atoms with E-state index in [9.17, 15) is 4.79 Å². The molecule has 0 unspecified atom stereocenters. The van der Waals surface area contributed by atoms with Crippen LogP contribution in [0.25, 0.3) is 6.20 Å². The lowest BCUT2D eigenvalue weighted by Crippen LogP contribution is -2.20. The summed E-state index contributed by atoms with van der Waals surface area (Å²) in [6.45, 7) is 28.8. The molecule has 236 valence electrons. The molecule has 7 heteroatoms. The van der Waals surface area contributed by atoms with Gasteiger partial charge in [-0.1, -0.05) is 96.1 Å². The van der Waals surface area contributed by atoms with E-state index in [2.05, 4.69) is 90.5 Å². The Morgan fingerprint density at radius 1 is 0.857 bits per heavy atom. The third kappa shape index (κ3) is 21.5. The maximum absolute atomic E-state index is 11.9. The highest BCUT2D eigenvalue weighted by molar-refractivity contribution is 6.00. The molecule has 1 aromatic carbocycles. The highest BCUT2D eigenvalue weighted by Crippen LogP contribution is 2.22. The van der Waals surface area contributed by atoms with E-state index in [-0.39, 0.29) is 16.6 Å². The minimum absolute atomic E-state index is 0.188. The van der Waals surface area contributed by atoms with Crippen LogP contribution >= 0.6 is 0 Å². The molecule has 3 rings (SSSR count). The summed E-state index contributed by atoms with van der Waals surface area (Å²) >= 11 is 0. The topological polar surface area (TPSA) is 68.8 Å². The fourth-order valence-corrected chi connectivity index (χ4v) is 2.82. The molecular formula is C35H60N6O. The summed E-state index contributed by atoms with van der Waals surface area (Å²) in [5.41, 5.74) is 2.70. The van der Waals surface area contributed by atoms with Gasteiger partial charge in [0.1, 0.15) is 12.7 Å². The summed E-state index contributed by atoms with van der Waals surface area (Å²) in [6, 6.07) is 9.69. The van der Waals surface area contributed by atoms with E-state index in [0.29, 0.717) is 10.8 Å². The standard InChI is InChI=1S/C13H19NO.C9H16N2.C8H13N3.C5H12/c1-13(2,3)12(15)10-6-8-11(9-7-10)14(4)5;1-9(2,3)5-8-11-7-4-6-10-11;1-8(2,3)4-5-11-7-9-6-10-11;1-5(2,3)4/h6-9H,1-5H3;4,6-7H,5,8H2,1-3H3;4-7H,1-3H3;1-4H3/b;;5-4+;. The van der Waals surface area contributed by atoms with Crippen molar-refractivity contribution in [3.8, 4) is 0 Å². The van der Waals surface area contributed by atoms with E-state index in [1.165, 1.54) is 12.7 Å². The van der Waals surface area contributed by atoms with Gasteiger partial charge in [0.05, 0.1) is 0 Å². The van der Waals surface area contributed by atoms with Crippen LogP contribution in [0.1, 0.15) is 107 Å². The quantitative estimate of drug-likeness (QED) is 0.281. The van der Waals surface area contributed by atoms with Gasteiger partial charge >= 0.3 is 0 Å². The number of rotatable bonds is 5. The Balaban J connectivity index is 0.000000563. The minimum atomic E-state index is -0.306. The fraction of sp³-hybridized carbons (Fsp3) is 0.600. The number of aryl methyl sites for hydroxylation is 1. The van der Waals surface area contributed by atoms with Gasteiger partial charge in [-0.2, -0.15) is 10.2 Å². The molecule has 0 saturated heterocycles. The monoisotopic (exact) mass is 580 g/mol. The molecule has 0 radical (unpaired) electrons. The Labute approximate surface area is 257 Å². The van der Waals surface area contributed by atoms with Crippen LogP contribution < -0.4 is 4.90 Å². The molecule has 0 spiro atoms. The minimum Gasteiger partial charge on any atom is -0.378 e. The van der Waals surface area contributed by atoms with Crippen molar-refractivity contribution >= 4 is 17.7 Å². The van der Waals surface area contributed by atoms with E-state index >= 15 is 0 Å². The number of aromatic nitrogens is 5. The molecule has 0 aliphatic carbocycles. The van der Waals surface area contributed by atoms with Gasteiger partial charge in [-0.3, -0.25) is 9.48 Å². The maximum atomic E-state index is 11.9. The molecule has 0 N–H and O–H groups in total. The second-order valence-electron chi connectivity index (χ2n) is 15.7. The molecule has 42 heavy (non-hydrogen) atoms. The van der Waals surface area contributed by atoms with Gasteiger partial charge in [0.15, 0.2) is 5.78 Å². The number of nitrogens with zero attached hydrogens (tertiary/aromatic N) is 6. The highest BCUT2D eigenvalue weighted by Gasteiger charge is 2.22. The molecular weight excluding hydrogens is 520 g/mol. The number of carbonyl (C=O) groups excluding carboxylic acids is 1. The van der Waals surface area contributed by atoms with E-state index in [1.54, 1.807) is 11.0 Å². The van der Waals surface area contributed by atoms with Crippen molar-refractivity contribution in [3.05, 3.63) is 67.0 Å². The predicted molar refractivity (Wildman–Crippen MR) is 181 cm³/mol. The molecule has 0 saturated carbocycles. The first kappa shape index (κ1) is 38.8. The summed E-state index contributed by atoms with van der Waals surface area (Å²) in [5.74, 6) is 0.188. The van der Waals surface area contributed by atoms with Crippen molar-refractivity contribution in [2.24, 2.45) is 21.7 Å². The molecule has 3 aromatic rings. The van der Waals surface area contributed by atoms with Gasteiger partial charge in [-0.25, -0.2) is 9.67 Å². The normalized spacial score (nSPS) is 11.9. The molecule has 0 amide bonds. The SMILES string of the molecule is CC(C)(C)/C=C/n1cncn1.CC(C)(C)C.CC(C)(C)CCn1cccn1.CN(C)c1ccc(C(=O)C(C)(C)C)cc1. The fourth-order valence-electron chi connectivity index (χ4n) is 2.82. The molecule has 2 heterocycles. The van der Waals surface area contributed by atoms with Crippen LogP contribution in [0.5, 0.6) is 0 Å². The van der Waals surface area contributed by atoms with Crippen LogP contribution in [-0.2, 0) is 6.54 Å². The summed E-state index contributed by atoms with van der Waals surface area (Å²) in [6.07, 6.45) is 12.2. The van der Waals surface area contributed by atoms with Gasteiger partial charge in [0, 0.05) is 55.9 Å². The van der Waals surface area contributed by atoms with Crippen molar-refractivity contribution in [2.45, 2.75) is 103 Å². The number of Topliss-reactive ketones (excluding diaryl/α,β-unsaturated/α-hetero) is 1. The lowest BCUT2D eigenvalue weighted by Gasteiger charge is -2.17. The van der Waals surface area contributed by atoms with Gasteiger partial charge in [0.2, 0.25) is 0 Å². The number of benzene rings is 1. The second kappa shape index (κ2) is 17.0. The molecule has 7 nitrogen and oxygen atoms in total. The average molecular weight is 581 g/mol. The van der Waals surface area contributed by atoms with E-state index in [1.807, 2.05) is 93.4 Å². The lowest BCUT2D eigenvalue weighted by atomic mass is 9.86. The van der Waals surface area contributed by atoms with Crippen LogP contribution in [0.4, 0.5) is 5.69 Å². The van der Waals surface area contributed by atoms with Crippen LogP contribution in [0.2, 0.25) is 0 Å². The molecule has 0 bridgehead atoms. The number of allylic oxidation sites excluding steroid dienone is 1. The van der Waals surface area contributed by atoms with Gasteiger partial charge in [-0.05, 0) is 53.0 Å². The van der Waals surface area contributed by atoms with Crippen molar-refractivity contribution in [1.29, 1.82) is 0 Å². The maximum Gasteiger partial charge on any atom is 0.168 e. The Morgan fingerprint density at radius 3 is 1.76 bits per heavy atom. The van der Waals surface area contributed by atoms with E-state index in [4.69, 9.17) is 0 Å². The highest BCUT2D eigenvalue weighted by atomic mass is 16.1. The largest absolute Gasteiger partial charge is 0.378 e. The predicted octanol–water partition coefficient (Wildman–Crippen LogP) is 9.15. The Bertz CT molecular complexity index is 1120. The third-order valence-electron chi connectivity index (χ3n) is 5.14. The zero-order chi connectivity index (χ0) is 32.8. The molecule has 2 aromatic heterocycles. The third-order valence-corrected chi connectivity index (χ3v) is 5.14. The van der Waals surface area contributed by atoms with Crippen molar-refractivity contribution in [2.75, 3.05) is 19.0 Å². The van der Waals surface area contributed by atoms with E-state index < -0.39 is 0 Å². The zero-order valence-electron chi connectivity index (χ0n) is 29.4. The van der Waals surface area contributed by atoms with Crippen molar-refractivity contribution < 1.29 is 4.79 Å². The van der Waals surface area contributed by atoms with Crippen molar-refractivity contribution in [3.63, 3.8) is 0 Å². The molecule has 0 aliphatic rings. The van der Waals surface area contributed by atoms with Gasteiger partial charge in [-0.15, -0.1) is 0 Å². The first-order valence-corrected chi connectivity index (χ1v) is 14.8. The Kier molecular flexibility index (Phi) is 15.7. The molecule has 0 aliphatic heterocycles. The van der Waals surface area contributed by atoms with E-state index in [0.717, 1.165) is 17.8 Å². The van der Waals surface area contributed by atoms with Gasteiger partial charge in [0.25, 0.3) is 0 Å². The van der Waals surface area contributed by atoms with Crippen LogP contribution in [0, 0.1) is 21.7 Å². The molecule has 0 atom stereocenters. The summed E-state index contributed by atoms with van der Waals surface area (Å²) < 4.78 is 3.66. The van der Waals surface area contributed by atoms with Gasteiger partial charge < -0.3 is 4.90 Å². The number of anilines is 1. The van der Waals surface area contributed by atoms with Crippen molar-refractivity contribution in [1.82, 2.24) is 24.5 Å². The summed E-state index contributed by atoms with van der Waals surface area (Å²) in [5, 5.41) is 8.07. The number of ketones is 1.